The van der Waals surface area contributed by atoms with Crippen LogP contribution in [0.2, 0.25) is 0 Å². The molecule has 0 radical (unpaired) electrons. The zero-order valence-electron chi connectivity index (χ0n) is 16.9. The summed E-state index contributed by atoms with van der Waals surface area (Å²) in [7, 11) is 0. The van der Waals surface area contributed by atoms with Gasteiger partial charge in [-0.1, -0.05) is 38.1 Å². The first-order valence-electron chi connectivity index (χ1n) is 10.0. The summed E-state index contributed by atoms with van der Waals surface area (Å²) in [6.45, 7) is 7.58. The number of rotatable bonds is 8. The Labute approximate surface area is 166 Å². The third kappa shape index (κ3) is 4.08. The molecule has 3 aromatic rings. The van der Waals surface area contributed by atoms with E-state index in [-0.39, 0.29) is 24.1 Å². The SMILES string of the molecule is CCCN(CCC)C(=O)CC(c1ccccc1F)c1cnc2cccc(C)n12. The van der Waals surface area contributed by atoms with Gasteiger partial charge in [0.15, 0.2) is 0 Å². The Kier molecular flexibility index (Phi) is 6.45. The van der Waals surface area contributed by atoms with E-state index in [0.29, 0.717) is 5.56 Å². The summed E-state index contributed by atoms with van der Waals surface area (Å²) < 4.78 is 16.7. The molecule has 2 aromatic heterocycles. The zero-order valence-corrected chi connectivity index (χ0v) is 16.9. The van der Waals surface area contributed by atoms with Gasteiger partial charge < -0.3 is 9.30 Å². The summed E-state index contributed by atoms with van der Waals surface area (Å²) in [6, 6.07) is 12.6. The molecule has 0 spiro atoms. The standard InChI is InChI=1S/C23H28FN3O/c1-4-13-26(14-5-2)23(28)15-19(18-10-6-7-11-20(18)24)21-16-25-22-12-8-9-17(3)27(21)22/h6-12,16,19H,4-5,13-15H2,1-3H3. The predicted octanol–water partition coefficient (Wildman–Crippen LogP) is 4.95. The minimum absolute atomic E-state index is 0.0560. The average molecular weight is 381 g/mol. The van der Waals surface area contributed by atoms with Crippen molar-refractivity contribution < 1.29 is 9.18 Å². The number of hydrogen-bond acceptors (Lipinski definition) is 2. The molecule has 0 aliphatic rings. The minimum Gasteiger partial charge on any atom is -0.343 e. The molecule has 0 N–H and O–H groups in total. The fourth-order valence-electron chi connectivity index (χ4n) is 3.81. The van der Waals surface area contributed by atoms with E-state index in [1.807, 2.05) is 40.5 Å². The number of pyridine rings is 1. The Balaban J connectivity index is 2.06. The van der Waals surface area contributed by atoms with E-state index >= 15 is 0 Å². The highest BCUT2D eigenvalue weighted by Crippen LogP contribution is 2.32. The van der Waals surface area contributed by atoms with Gasteiger partial charge in [0.25, 0.3) is 0 Å². The number of benzene rings is 1. The van der Waals surface area contributed by atoms with Crippen LogP contribution in [0.1, 0.15) is 56.0 Å². The third-order valence-corrected chi connectivity index (χ3v) is 5.11. The van der Waals surface area contributed by atoms with Crippen LogP contribution in [0.4, 0.5) is 4.39 Å². The van der Waals surface area contributed by atoms with Gasteiger partial charge in [0.2, 0.25) is 5.91 Å². The summed E-state index contributed by atoms with van der Waals surface area (Å²) in [5, 5.41) is 0. The Hall–Kier alpha value is -2.69. The molecule has 4 nitrogen and oxygen atoms in total. The maximum atomic E-state index is 14.7. The van der Waals surface area contributed by atoms with E-state index in [1.165, 1.54) is 6.07 Å². The monoisotopic (exact) mass is 381 g/mol. The highest BCUT2D eigenvalue weighted by atomic mass is 19.1. The quantitative estimate of drug-likeness (QED) is 0.553. The summed E-state index contributed by atoms with van der Waals surface area (Å²) >= 11 is 0. The molecule has 148 valence electrons. The van der Waals surface area contributed by atoms with E-state index in [1.54, 1.807) is 18.3 Å². The van der Waals surface area contributed by atoms with Crippen LogP contribution in [0.25, 0.3) is 5.65 Å². The Morgan fingerprint density at radius 2 is 1.82 bits per heavy atom. The van der Waals surface area contributed by atoms with Crippen LogP contribution in [-0.2, 0) is 4.79 Å². The molecular formula is C23H28FN3O. The molecule has 5 heteroatoms. The van der Waals surface area contributed by atoms with Gasteiger partial charge in [0.1, 0.15) is 11.5 Å². The van der Waals surface area contributed by atoms with Crippen LogP contribution in [0.15, 0.2) is 48.7 Å². The molecule has 1 aromatic carbocycles. The molecule has 0 aliphatic carbocycles. The lowest BCUT2D eigenvalue weighted by molar-refractivity contribution is -0.131. The molecule has 1 unspecified atom stereocenters. The molecule has 3 rings (SSSR count). The highest BCUT2D eigenvalue weighted by molar-refractivity contribution is 5.77. The van der Waals surface area contributed by atoms with Crippen LogP contribution < -0.4 is 0 Å². The van der Waals surface area contributed by atoms with Crippen molar-refractivity contribution in [2.75, 3.05) is 13.1 Å². The molecule has 0 bridgehead atoms. The molecule has 0 saturated carbocycles. The smallest absolute Gasteiger partial charge is 0.223 e. The molecule has 2 heterocycles. The molecule has 0 saturated heterocycles. The molecule has 28 heavy (non-hydrogen) atoms. The zero-order chi connectivity index (χ0) is 20.1. The van der Waals surface area contributed by atoms with Gasteiger partial charge in [0, 0.05) is 37.3 Å². The number of hydrogen-bond donors (Lipinski definition) is 0. The van der Waals surface area contributed by atoms with Gasteiger partial charge in [-0.15, -0.1) is 0 Å². The van der Waals surface area contributed by atoms with Gasteiger partial charge in [-0.05, 0) is 43.5 Å². The Bertz CT molecular complexity index is 944. The van der Waals surface area contributed by atoms with E-state index < -0.39 is 0 Å². The second-order valence-electron chi connectivity index (χ2n) is 7.20. The Morgan fingerprint density at radius 1 is 1.11 bits per heavy atom. The summed E-state index contributed by atoms with van der Waals surface area (Å²) in [6.07, 6.45) is 3.81. The first-order chi connectivity index (χ1) is 13.6. The lowest BCUT2D eigenvalue weighted by Gasteiger charge is -2.25. The average Bonchev–Trinajstić information content (AvgIpc) is 3.12. The van der Waals surface area contributed by atoms with Gasteiger partial charge >= 0.3 is 0 Å². The second-order valence-corrected chi connectivity index (χ2v) is 7.20. The van der Waals surface area contributed by atoms with Crippen LogP contribution in [0.5, 0.6) is 0 Å². The summed E-state index contributed by atoms with van der Waals surface area (Å²) in [4.78, 5) is 19.5. The van der Waals surface area contributed by atoms with Crippen molar-refractivity contribution in [3.05, 3.63) is 71.4 Å². The Morgan fingerprint density at radius 3 is 2.50 bits per heavy atom. The van der Waals surface area contributed by atoms with Crippen LogP contribution in [0.3, 0.4) is 0 Å². The lowest BCUT2D eigenvalue weighted by Crippen LogP contribution is -2.33. The topological polar surface area (TPSA) is 37.6 Å². The molecule has 0 fully saturated rings. The normalized spacial score (nSPS) is 12.3. The fourth-order valence-corrected chi connectivity index (χ4v) is 3.81. The van der Waals surface area contributed by atoms with Crippen molar-refractivity contribution in [1.29, 1.82) is 0 Å². The number of fused-ring (bicyclic) bond motifs is 1. The van der Waals surface area contributed by atoms with Crippen molar-refractivity contribution in [2.24, 2.45) is 0 Å². The number of aryl methyl sites for hydroxylation is 1. The third-order valence-electron chi connectivity index (χ3n) is 5.11. The van der Waals surface area contributed by atoms with Crippen molar-refractivity contribution in [2.45, 2.75) is 46.0 Å². The van der Waals surface area contributed by atoms with Crippen molar-refractivity contribution >= 4 is 11.6 Å². The van der Waals surface area contributed by atoms with Gasteiger partial charge in [-0.25, -0.2) is 9.37 Å². The fraction of sp³-hybridized carbons (Fsp3) is 0.391. The number of aromatic nitrogens is 2. The summed E-state index contributed by atoms with van der Waals surface area (Å²) in [5.41, 5.74) is 3.20. The lowest BCUT2D eigenvalue weighted by atomic mass is 9.91. The first-order valence-corrected chi connectivity index (χ1v) is 10.0. The number of imidazole rings is 1. The molecular weight excluding hydrogens is 353 g/mol. The van der Waals surface area contributed by atoms with E-state index in [9.17, 15) is 9.18 Å². The highest BCUT2D eigenvalue weighted by Gasteiger charge is 2.26. The number of halogens is 1. The van der Waals surface area contributed by atoms with E-state index in [2.05, 4.69) is 18.8 Å². The van der Waals surface area contributed by atoms with Gasteiger partial charge in [0.05, 0.1) is 5.69 Å². The molecule has 0 aliphatic heterocycles. The van der Waals surface area contributed by atoms with Crippen molar-refractivity contribution in [1.82, 2.24) is 14.3 Å². The largest absolute Gasteiger partial charge is 0.343 e. The number of amides is 1. The van der Waals surface area contributed by atoms with Crippen molar-refractivity contribution in [3.63, 3.8) is 0 Å². The maximum absolute atomic E-state index is 14.7. The van der Waals surface area contributed by atoms with Gasteiger partial charge in [-0.2, -0.15) is 0 Å². The number of nitrogens with zero attached hydrogens (tertiary/aromatic N) is 3. The first kappa shape index (κ1) is 20.1. The second kappa shape index (κ2) is 9.00. The van der Waals surface area contributed by atoms with Crippen LogP contribution in [0, 0.1) is 12.7 Å². The van der Waals surface area contributed by atoms with E-state index in [4.69, 9.17) is 0 Å². The molecule has 1 amide bonds. The maximum Gasteiger partial charge on any atom is 0.223 e. The summed E-state index contributed by atoms with van der Waals surface area (Å²) in [5.74, 6) is -0.622. The molecule has 1 atom stereocenters. The number of carbonyl (C=O) groups excluding carboxylic acids is 1. The van der Waals surface area contributed by atoms with Crippen LogP contribution in [-0.4, -0.2) is 33.3 Å². The minimum atomic E-state index is -0.388. The van der Waals surface area contributed by atoms with Crippen molar-refractivity contribution in [3.8, 4) is 0 Å². The van der Waals surface area contributed by atoms with Gasteiger partial charge in [-0.3, -0.25) is 4.79 Å². The van der Waals surface area contributed by atoms with Crippen LogP contribution >= 0.6 is 0 Å². The van der Waals surface area contributed by atoms with E-state index in [0.717, 1.165) is 43.0 Å². The number of carbonyl (C=O) groups is 1. The predicted molar refractivity (Wildman–Crippen MR) is 110 cm³/mol.